The van der Waals surface area contributed by atoms with Crippen molar-refractivity contribution in [2.45, 2.75) is 19.9 Å². The lowest BCUT2D eigenvalue weighted by Crippen LogP contribution is -2.22. The summed E-state index contributed by atoms with van der Waals surface area (Å²) in [5.41, 5.74) is 2.31. The summed E-state index contributed by atoms with van der Waals surface area (Å²) >= 11 is 0. The lowest BCUT2D eigenvalue weighted by Gasteiger charge is -2.18. The van der Waals surface area contributed by atoms with Gasteiger partial charge in [-0.1, -0.05) is 31.2 Å². The Labute approximate surface area is 118 Å². The van der Waals surface area contributed by atoms with Gasteiger partial charge in [0.25, 0.3) is 0 Å². The minimum atomic E-state index is 0.0357. The first-order valence-electron chi connectivity index (χ1n) is 6.91. The molecule has 1 aromatic carbocycles. The average molecular weight is 266 g/mol. The molecule has 2 heterocycles. The monoisotopic (exact) mass is 266 g/mol. The molecule has 20 heavy (non-hydrogen) atoms. The van der Waals surface area contributed by atoms with Crippen LogP contribution < -0.4 is 5.32 Å². The highest BCUT2D eigenvalue weighted by atomic mass is 16.3. The Balaban J connectivity index is 2.17. The van der Waals surface area contributed by atoms with E-state index in [9.17, 15) is 0 Å². The Kier molecular flexibility index (Phi) is 3.52. The van der Waals surface area contributed by atoms with E-state index in [4.69, 9.17) is 4.42 Å². The summed E-state index contributed by atoms with van der Waals surface area (Å²) in [7, 11) is 0. The summed E-state index contributed by atoms with van der Waals surface area (Å²) in [6.07, 6.45) is 5.57. The van der Waals surface area contributed by atoms with Crippen molar-refractivity contribution in [1.29, 1.82) is 0 Å². The third-order valence-electron chi connectivity index (χ3n) is 3.58. The lowest BCUT2D eigenvalue weighted by atomic mass is 9.98. The molecule has 0 spiro atoms. The number of furan rings is 1. The number of hydrogen-bond acceptors (Lipinski definition) is 3. The van der Waals surface area contributed by atoms with Crippen LogP contribution in [0.15, 0.2) is 53.4 Å². The van der Waals surface area contributed by atoms with Crippen molar-refractivity contribution in [3.63, 3.8) is 0 Å². The van der Waals surface area contributed by atoms with Crippen molar-refractivity contribution < 1.29 is 4.42 Å². The largest absolute Gasteiger partial charge is 0.467 e. The molecule has 0 fully saturated rings. The van der Waals surface area contributed by atoms with Gasteiger partial charge < -0.3 is 9.73 Å². The normalized spacial score (nSPS) is 12.7. The zero-order chi connectivity index (χ0) is 13.9. The molecule has 0 bridgehead atoms. The van der Waals surface area contributed by atoms with Gasteiger partial charge in [0.15, 0.2) is 0 Å². The molecule has 0 amide bonds. The van der Waals surface area contributed by atoms with Crippen LogP contribution in [0.1, 0.15) is 29.9 Å². The molecule has 0 saturated carbocycles. The topological polar surface area (TPSA) is 38.1 Å². The van der Waals surface area contributed by atoms with E-state index in [0.29, 0.717) is 0 Å². The highest BCUT2D eigenvalue weighted by Crippen LogP contribution is 2.30. The molecule has 1 unspecified atom stereocenters. The Morgan fingerprint density at radius 2 is 2.05 bits per heavy atom. The number of aromatic nitrogens is 1. The number of aryl methyl sites for hydroxylation is 1. The SMILES string of the molecule is CCNC(c1occc1C)c1cncc2ccccc12. The molecule has 3 aromatic rings. The number of hydrogen-bond donors (Lipinski definition) is 1. The van der Waals surface area contributed by atoms with Crippen LogP contribution in [0.25, 0.3) is 10.8 Å². The van der Waals surface area contributed by atoms with E-state index < -0.39 is 0 Å². The Morgan fingerprint density at radius 3 is 2.80 bits per heavy atom. The first kappa shape index (κ1) is 12.9. The highest BCUT2D eigenvalue weighted by molar-refractivity contribution is 5.85. The van der Waals surface area contributed by atoms with Crippen molar-refractivity contribution in [3.05, 3.63) is 65.9 Å². The van der Waals surface area contributed by atoms with E-state index >= 15 is 0 Å². The molecule has 0 radical (unpaired) electrons. The molecule has 1 N–H and O–H groups in total. The smallest absolute Gasteiger partial charge is 0.128 e. The number of fused-ring (bicyclic) bond motifs is 1. The predicted octanol–water partition coefficient (Wildman–Crippen LogP) is 3.84. The van der Waals surface area contributed by atoms with Crippen LogP contribution in [0.4, 0.5) is 0 Å². The van der Waals surface area contributed by atoms with E-state index in [1.807, 2.05) is 24.5 Å². The number of nitrogens with one attached hydrogen (secondary N) is 1. The zero-order valence-electron chi connectivity index (χ0n) is 11.8. The van der Waals surface area contributed by atoms with Crippen LogP contribution in [-0.2, 0) is 0 Å². The lowest BCUT2D eigenvalue weighted by molar-refractivity contribution is 0.450. The maximum absolute atomic E-state index is 5.69. The van der Waals surface area contributed by atoms with Gasteiger partial charge in [-0.3, -0.25) is 4.98 Å². The van der Waals surface area contributed by atoms with Crippen molar-refractivity contribution in [2.24, 2.45) is 0 Å². The fourth-order valence-electron chi connectivity index (χ4n) is 2.60. The van der Waals surface area contributed by atoms with Gasteiger partial charge in [0.1, 0.15) is 5.76 Å². The van der Waals surface area contributed by atoms with Crippen LogP contribution in [0.5, 0.6) is 0 Å². The van der Waals surface area contributed by atoms with Crippen LogP contribution in [-0.4, -0.2) is 11.5 Å². The molecule has 0 aliphatic heterocycles. The molecule has 0 saturated heterocycles. The zero-order valence-corrected chi connectivity index (χ0v) is 11.8. The first-order chi connectivity index (χ1) is 9.81. The molecule has 1 atom stereocenters. The Hall–Kier alpha value is -2.13. The number of benzene rings is 1. The third-order valence-corrected chi connectivity index (χ3v) is 3.58. The summed E-state index contributed by atoms with van der Waals surface area (Å²) in [5.74, 6) is 0.963. The second-order valence-electron chi connectivity index (χ2n) is 4.91. The van der Waals surface area contributed by atoms with Crippen LogP contribution in [0.3, 0.4) is 0 Å². The van der Waals surface area contributed by atoms with E-state index in [-0.39, 0.29) is 6.04 Å². The molecular formula is C17H18N2O. The predicted molar refractivity (Wildman–Crippen MR) is 80.7 cm³/mol. The number of rotatable bonds is 4. The molecule has 3 nitrogen and oxygen atoms in total. The van der Waals surface area contributed by atoms with Gasteiger partial charge in [-0.25, -0.2) is 0 Å². The van der Waals surface area contributed by atoms with Crippen molar-refractivity contribution in [1.82, 2.24) is 10.3 Å². The summed E-state index contributed by atoms with van der Waals surface area (Å²) < 4.78 is 5.69. The van der Waals surface area contributed by atoms with Crippen LogP contribution in [0, 0.1) is 6.92 Å². The molecular weight excluding hydrogens is 248 g/mol. The van der Waals surface area contributed by atoms with Gasteiger partial charge in [0.05, 0.1) is 12.3 Å². The number of pyridine rings is 1. The third kappa shape index (κ3) is 2.21. The molecule has 2 aromatic heterocycles. The fraction of sp³-hybridized carbons (Fsp3) is 0.235. The van der Waals surface area contributed by atoms with Gasteiger partial charge in [-0.2, -0.15) is 0 Å². The van der Waals surface area contributed by atoms with E-state index in [1.54, 1.807) is 6.26 Å². The highest BCUT2D eigenvalue weighted by Gasteiger charge is 2.20. The molecule has 3 rings (SSSR count). The second-order valence-corrected chi connectivity index (χ2v) is 4.91. The van der Waals surface area contributed by atoms with Gasteiger partial charge >= 0.3 is 0 Å². The maximum atomic E-state index is 5.69. The summed E-state index contributed by atoms with van der Waals surface area (Å²) in [6, 6.07) is 10.4. The molecule has 0 aliphatic carbocycles. The average Bonchev–Trinajstić information content (AvgIpc) is 2.90. The maximum Gasteiger partial charge on any atom is 0.128 e. The minimum Gasteiger partial charge on any atom is -0.467 e. The van der Waals surface area contributed by atoms with Gasteiger partial charge in [-0.05, 0) is 30.5 Å². The molecule has 0 aliphatic rings. The molecule has 3 heteroatoms. The van der Waals surface area contributed by atoms with E-state index in [1.165, 1.54) is 5.39 Å². The van der Waals surface area contributed by atoms with Crippen molar-refractivity contribution >= 4 is 10.8 Å². The Bertz CT molecular complexity index is 712. The molecule has 102 valence electrons. The Morgan fingerprint density at radius 1 is 1.20 bits per heavy atom. The first-order valence-corrected chi connectivity index (χ1v) is 6.91. The number of nitrogens with zero attached hydrogens (tertiary/aromatic N) is 1. The summed E-state index contributed by atoms with van der Waals surface area (Å²) in [4.78, 5) is 4.37. The van der Waals surface area contributed by atoms with Gasteiger partial charge in [0.2, 0.25) is 0 Å². The quantitative estimate of drug-likeness (QED) is 0.779. The van der Waals surface area contributed by atoms with Gasteiger partial charge in [-0.15, -0.1) is 0 Å². The second kappa shape index (κ2) is 5.47. The van der Waals surface area contributed by atoms with E-state index in [2.05, 4.69) is 42.3 Å². The summed E-state index contributed by atoms with van der Waals surface area (Å²) in [5, 5.41) is 5.86. The summed E-state index contributed by atoms with van der Waals surface area (Å²) in [6.45, 7) is 5.04. The standard InChI is InChI=1S/C17H18N2O/c1-3-19-16(17-12(2)8-9-20-17)15-11-18-10-13-6-4-5-7-14(13)15/h4-11,16,19H,3H2,1-2H3. The van der Waals surface area contributed by atoms with Crippen LogP contribution in [0.2, 0.25) is 0 Å². The fourth-order valence-corrected chi connectivity index (χ4v) is 2.60. The minimum absolute atomic E-state index is 0.0357. The van der Waals surface area contributed by atoms with Crippen molar-refractivity contribution in [3.8, 4) is 0 Å². The van der Waals surface area contributed by atoms with Crippen LogP contribution >= 0.6 is 0 Å². The van der Waals surface area contributed by atoms with E-state index in [0.717, 1.165) is 28.8 Å². The van der Waals surface area contributed by atoms with Crippen molar-refractivity contribution in [2.75, 3.05) is 6.54 Å². The van der Waals surface area contributed by atoms with Gasteiger partial charge in [0, 0.05) is 23.3 Å².